The van der Waals surface area contributed by atoms with Gasteiger partial charge in [-0.2, -0.15) is 0 Å². The van der Waals surface area contributed by atoms with Crippen molar-refractivity contribution in [2.45, 2.75) is 13.5 Å². The summed E-state index contributed by atoms with van der Waals surface area (Å²) in [6.07, 6.45) is 2.42. The van der Waals surface area contributed by atoms with Crippen LogP contribution in [0.25, 0.3) is 0 Å². The van der Waals surface area contributed by atoms with Crippen molar-refractivity contribution in [3.8, 4) is 0 Å². The van der Waals surface area contributed by atoms with Crippen LogP contribution >= 0.6 is 0 Å². The zero-order valence-electron chi connectivity index (χ0n) is 9.98. The maximum absolute atomic E-state index is 13.3. The van der Waals surface area contributed by atoms with E-state index in [0.717, 1.165) is 17.3 Å². The van der Waals surface area contributed by atoms with Gasteiger partial charge in [0.2, 0.25) is 0 Å². The molecule has 1 aromatic carbocycles. The van der Waals surface area contributed by atoms with Gasteiger partial charge in [-0.3, -0.25) is 9.78 Å². The first-order valence-electron chi connectivity index (χ1n) is 5.60. The third kappa shape index (κ3) is 2.91. The number of rotatable bonds is 3. The monoisotopic (exact) mass is 244 g/mol. The van der Waals surface area contributed by atoms with Crippen LogP contribution in [0.1, 0.15) is 21.5 Å². The van der Waals surface area contributed by atoms with Gasteiger partial charge < -0.3 is 5.32 Å². The molecule has 1 aromatic heterocycles. The Hall–Kier alpha value is -2.23. The average Bonchev–Trinajstić information content (AvgIpc) is 2.37. The molecule has 0 saturated heterocycles. The SMILES string of the molecule is Cc1cccc(CNC(=O)c2ccncc2F)c1. The minimum absolute atomic E-state index is 0.0117. The number of hydrogen-bond acceptors (Lipinski definition) is 2. The summed E-state index contributed by atoms with van der Waals surface area (Å²) in [6, 6.07) is 9.15. The summed E-state index contributed by atoms with van der Waals surface area (Å²) in [5.74, 6) is -1.05. The number of carbonyl (C=O) groups is 1. The molecule has 1 heterocycles. The molecule has 2 aromatic rings. The molecular weight excluding hydrogens is 231 g/mol. The summed E-state index contributed by atoms with van der Waals surface area (Å²) >= 11 is 0. The molecule has 1 N–H and O–H groups in total. The highest BCUT2D eigenvalue weighted by Crippen LogP contribution is 2.06. The van der Waals surface area contributed by atoms with E-state index in [0.29, 0.717) is 6.54 Å². The Bertz CT molecular complexity index is 569. The minimum atomic E-state index is -0.612. The van der Waals surface area contributed by atoms with Crippen LogP contribution in [0.4, 0.5) is 4.39 Å². The maximum Gasteiger partial charge on any atom is 0.254 e. The van der Waals surface area contributed by atoms with E-state index in [1.807, 2.05) is 31.2 Å². The van der Waals surface area contributed by atoms with Crippen molar-refractivity contribution in [2.75, 3.05) is 0 Å². The number of benzene rings is 1. The van der Waals surface area contributed by atoms with E-state index >= 15 is 0 Å². The van der Waals surface area contributed by atoms with Crippen molar-refractivity contribution in [3.05, 3.63) is 65.2 Å². The highest BCUT2D eigenvalue weighted by molar-refractivity contribution is 5.94. The summed E-state index contributed by atoms with van der Waals surface area (Å²) < 4.78 is 13.3. The van der Waals surface area contributed by atoms with Gasteiger partial charge >= 0.3 is 0 Å². The van der Waals surface area contributed by atoms with Crippen molar-refractivity contribution in [3.63, 3.8) is 0 Å². The normalized spacial score (nSPS) is 10.1. The van der Waals surface area contributed by atoms with Crippen LogP contribution in [-0.2, 0) is 6.54 Å². The van der Waals surface area contributed by atoms with Gasteiger partial charge in [-0.05, 0) is 18.6 Å². The lowest BCUT2D eigenvalue weighted by Crippen LogP contribution is -2.23. The molecule has 18 heavy (non-hydrogen) atoms. The van der Waals surface area contributed by atoms with Gasteiger partial charge in [-0.25, -0.2) is 4.39 Å². The van der Waals surface area contributed by atoms with Crippen molar-refractivity contribution < 1.29 is 9.18 Å². The van der Waals surface area contributed by atoms with Crippen LogP contribution in [0, 0.1) is 12.7 Å². The topological polar surface area (TPSA) is 42.0 Å². The third-order valence-corrected chi connectivity index (χ3v) is 2.55. The van der Waals surface area contributed by atoms with Gasteiger partial charge in [0.25, 0.3) is 5.91 Å². The molecule has 0 atom stereocenters. The molecule has 92 valence electrons. The number of pyridine rings is 1. The summed E-state index contributed by atoms with van der Waals surface area (Å²) in [4.78, 5) is 15.3. The molecule has 0 unspecified atom stereocenters. The number of aromatic nitrogens is 1. The second-order valence-corrected chi connectivity index (χ2v) is 4.03. The van der Waals surface area contributed by atoms with Crippen LogP contribution in [-0.4, -0.2) is 10.9 Å². The zero-order chi connectivity index (χ0) is 13.0. The largest absolute Gasteiger partial charge is 0.348 e. The van der Waals surface area contributed by atoms with E-state index in [9.17, 15) is 9.18 Å². The van der Waals surface area contributed by atoms with Crippen molar-refractivity contribution in [2.24, 2.45) is 0 Å². The lowest BCUT2D eigenvalue weighted by Gasteiger charge is -2.06. The van der Waals surface area contributed by atoms with Crippen molar-refractivity contribution >= 4 is 5.91 Å². The Morgan fingerprint density at radius 1 is 1.39 bits per heavy atom. The first kappa shape index (κ1) is 12.2. The summed E-state index contributed by atoms with van der Waals surface area (Å²) in [6.45, 7) is 2.36. The van der Waals surface area contributed by atoms with E-state index in [1.54, 1.807) is 0 Å². The van der Waals surface area contributed by atoms with Gasteiger partial charge in [0.05, 0.1) is 11.8 Å². The minimum Gasteiger partial charge on any atom is -0.348 e. The zero-order valence-corrected chi connectivity index (χ0v) is 9.98. The first-order valence-corrected chi connectivity index (χ1v) is 5.60. The Morgan fingerprint density at radius 2 is 2.22 bits per heavy atom. The van der Waals surface area contributed by atoms with Gasteiger partial charge in [0.1, 0.15) is 0 Å². The molecule has 4 heteroatoms. The van der Waals surface area contributed by atoms with Gasteiger partial charge in [-0.1, -0.05) is 29.8 Å². The van der Waals surface area contributed by atoms with E-state index in [1.165, 1.54) is 12.3 Å². The molecule has 1 amide bonds. The first-order chi connectivity index (χ1) is 8.66. The summed E-state index contributed by atoms with van der Waals surface area (Å²) in [7, 11) is 0. The smallest absolute Gasteiger partial charge is 0.254 e. The predicted octanol–water partition coefficient (Wildman–Crippen LogP) is 2.46. The van der Waals surface area contributed by atoms with E-state index < -0.39 is 11.7 Å². The second kappa shape index (κ2) is 5.40. The lowest BCUT2D eigenvalue weighted by atomic mass is 10.1. The van der Waals surface area contributed by atoms with Gasteiger partial charge in [0, 0.05) is 12.7 Å². The number of halogens is 1. The van der Waals surface area contributed by atoms with Crippen LogP contribution in [0.15, 0.2) is 42.7 Å². The second-order valence-electron chi connectivity index (χ2n) is 4.03. The number of nitrogens with one attached hydrogen (secondary N) is 1. The number of hydrogen-bond donors (Lipinski definition) is 1. The fourth-order valence-corrected chi connectivity index (χ4v) is 1.66. The van der Waals surface area contributed by atoms with Crippen molar-refractivity contribution in [1.82, 2.24) is 10.3 Å². The Labute approximate surface area is 105 Å². The highest BCUT2D eigenvalue weighted by Gasteiger charge is 2.10. The van der Waals surface area contributed by atoms with E-state index in [-0.39, 0.29) is 5.56 Å². The molecule has 0 aliphatic carbocycles. The van der Waals surface area contributed by atoms with E-state index in [2.05, 4.69) is 10.3 Å². The Balaban J connectivity index is 2.03. The number of carbonyl (C=O) groups excluding carboxylic acids is 1. The third-order valence-electron chi connectivity index (χ3n) is 2.55. The molecular formula is C14H13FN2O. The predicted molar refractivity (Wildman–Crippen MR) is 66.5 cm³/mol. The summed E-state index contributed by atoms with van der Waals surface area (Å²) in [5, 5.41) is 2.68. The average molecular weight is 244 g/mol. The summed E-state index contributed by atoms with van der Waals surface area (Å²) in [5.41, 5.74) is 2.12. The van der Waals surface area contributed by atoms with Crippen LogP contribution < -0.4 is 5.32 Å². The molecule has 0 fully saturated rings. The number of amides is 1. The van der Waals surface area contributed by atoms with Crippen LogP contribution in [0.2, 0.25) is 0 Å². The highest BCUT2D eigenvalue weighted by atomic mass is 19.1. The number of nitrogens with zero attached hydrogens (tertiary/aromatic N) is 1. The van der Waals surface area contributed by atoms with Crippen molar-refractivity contribution in [1.29, 1.82) is 0 Å². The standard InChI is InChI=1S/C14H13FN2O/c1-10-3-2-4-11(7-10)8-17-14(18)12-5-6-16-9-13(12)15/h2-7,9H,8H2,1H3,(H,17,18). The molecule has 0 aliphatic heterocycles. The maximum atomic E-state index is 13.3. The fourth-order valence-electron chi connectivity index (χ4n) is 1.66. The molecule has 3 nitrogen and oxygen atoms in total. The molecule has 2 rings (SSSR count). The quantitative estimate of drug-likeness (QED) is 0.901. The number of aryl methyl sites for hydroxylation is 1. The molecule has 0 aliphatic rings. The Kier molecular flexibility index (Phi) is 3.67. The molecule has 0 saturated carbocycles. The van der Waals surface area contributed by atoms with Crippen LogP contribution in [0.5, 0.6) is 0 Å². The van der Waals surface area contributed by atoms with Gasteiger partial charge in [0.15, 0.2) is 5.82 Å². The van der Waals surface area contributed by atoms with E-state index in [4.69, 9.17) is 0 Å². The fraction of sp³-hybridized carbons (Fsp3) is 0.143. The molecule has 0 bridgehead atoms. The lowest BCUT2D eigenvalue weighted by molar-refractivity contribution is 0.0946. The Morgan fingerprint density at radius 3 is 2.94 bits per heavy atom. The van der Waals surface area contributed by atoms with Crippen LogP contribution in [0.3, 0.4) is 0 Å². The van der Waals surface area contributed by atoms with Gasteiger partial charge in [-0.15, -0.1) is 0 Å². The molecule has 0 radical (unpaired) electrons. The molecule has 0 spiro atoms.